The number of nitrogens with zero attached hydrogens (tertiary/aromatic N) is 4. The van der Waals surface area contributed by atoms with Gasteiger partial charge in [0, 0.05) is 31.7 Å². The van der Waals surface area contributed by atoms with Crippen LogP contribution in [0.1, 0.15) is 11.4 Å². The lowest BCUT2D eigenvalue weighted by molar-refractivity contribution is 0.00808. The number of aromatic nitrogens is 2. The molecule has 0 amide bonds. The van der Waals surface area contributed by atoms with E-state index in [-0.39, 0.29) is 0 Å². The molecule has 3 rings (SSSR count). The molecule has 1 atom stereocenters. The van der Waals surface area contributed by atoms with Crippen molar-refractivity contribution in [2.75, 3.05) is 46.4 Å². The molecule has 136 valence electrons. The molecule has 1 aromatic carbocycles. The summed E-state index contributed by atoms with van der Waals surface area (Å²) in [6.45, 7) is 7.03. The van der Waals surface area contributed by atoms with Gasteiger partial charge in [-0.05, 0) is 25.6 Å². The second kappa shape index (κ2) is 8.53. The van der Waals surface area contributed by atoms with Crippen LogP contribution in [-0.4, -0.2) is 77.6 Å². The molecule has 0 aliphatic carbocycles. The third kappa shape index (κ3) is 5.09. The average molecular weight is 346 g/mol. The summed E-state index contributed by atoms with van der Waals surface area (Å²) in [5.74, 6) is 1.16. The van der Waals surface area contributed by atoms with E-state index in [2.05, 4.69) is 15.0 Å². The van der Waals surface area contributed by atoms with Crippen LogP contribution >= 0.6 is 0 Å². The van der Waals surface area contributed by atoms with Crippen LogP contribution in [-0.2, 0) is 11.3 Å². The third-order valence-electron chi connectivity index (χ3n) is 4.35. The van der Waals surface area contributed by atoms with Gasteiger partial charge in [-0.25, -0.2) is 0 Å². The molecular weight excluding hydrogens is 320 g/mol. The molecule has 0 saturated carbocycles. The fraction of sp³-hybridized carbons (Fsp3) is 0.556. The zero-order valence-corrected chi connectivity index (χ0v) is 14.9. The molecule has 0 spiro atoms. The zero-order chi connectivity index (χ0) is 17.6. The highest BCUT2D eigenvalue weighted by Crippen LogP contribution is 2.21. The second-order valence-corrected chi connectivity index (χ2v) is 6.59. The smallest absolute Gasteiger partial charge is 0.258 e. The molecule has 1 aliphatic rings. The summed E-state index contributed by atoms with van der Waals surface area (Å²) in [5.41, 5.74) is 2.06. The van der Waals surface area contributed by atoms with E-state index >= 15 is 0 Å². The summed E-state index contributed by atoms with van der Waals surface area (Å²) in [7, 11) is 1.95. The van der Waals surface area contributed by atoms with E-state index in [1.54, 1.807) is 0 Å². The van der Waals surface area contributed by atoms with Gasteiger partial charge in [0.1, 0.15) is 0 Å². The number of aryl methyl sites for hydroxylation is 1. The largest absolute Gasteiger partial charge is 0.390 e. The number of likely N-dealkylation sites (N-methyl/N-ethyl adjacent to an activating group) is 1. The van der Waals surface area contributed by atoms with E-state index in [1.807, 2.05) is 43.1 Å². The first-order valence-corrected chi connectivity index (χ1v) is 8.67. The van der Waals surface area contributed by atoms with Crippen molar-refractivity contribution in [2.45, 2.75) is 19.6 Å². The summed E-state index contributed by atoms with van der Waals surface area (Å²) >= 11 is 0. The number of aliphatic hydroxyl groups is 1. The molecule has 1 unspecified atom stereocenters. The molecule has 2 aromatic rings. The monoisotopic (exact) mass is 346 g/mol. The maximum absolute atomic E-state index is 10.3. The zero-order valence-electron chi connectivity index (χ0n) is 14.9. The van der Waals surface area contributed by atoms with Crippen molar-refractivity contribution in [3.63, 3.8) is 0 Å². The van der Waals surface area contributed by atoms with Gasteiger partial charge in [-0.15, -0.1) is 0 Å². The topological polar surface area (TPSA) is 74.9 Å². The van der Waals surface area contributed by atoms with Crippen molar-refractivity contribution in [3.05, 3.63) is 35.7 Å². The Morgan fingerprint density at radius 3 is 2.80 bits per heavy atom. The molecule has 7 nitrogen and oxygen atoms in total. The number of benzene rings is 1. The molecule has 1 saturated heterocycles. The van der Waals surface area contributed by atoms with Crippen molar-refractivity contribution in [1.29, 1.82) is 0 Å². The molecule has 1 N–H and O–H groups in total. The first-order chi connectivity index (χ1) is 12.1. The van der Waals surface area contributed by atoms with Crippen molar-refractivity contribution in [1.82, 2.24) is 19.9 Å². The van der Waals surface area contributed by atoms with Crippen LogP contribution in [0.3, 0.4) is 0 Å². The van der Waals surface area contributed by atoms with E-state index in [4.69, 9.17) is 9.26 Å². The molecule has 1 fully saturated rings. The van der Waals surface area contributed by atoms with Crippen molar-refractivity contribution < 1.29 is 14.4 Å². The molecule has 0 radical (unpaired) electrons. The fourth-order valence-corrected chi connectivity index (χ4v) is 3.05. The first-order valence-electron chi connectivity index (χ1n) is 8.67. The second-order valence-electron chi connectivity index (χ2n) is 6.59. The van der Waals surface area contributed by atoms with Gasteiger partial charge in [-0.3, -0.25) is 9.80 Å². The highest BCUT2D eigenvalue weighted by molar-refractivity contribution is 5.57. The number of rotatable bonds is 7. The molecular formula is C18H26N4O3. The molecule has 2 heterocycles. The van der Waals surface area contributed by atoms with E-state index in [9.17, 15) is 5.11 Å². The predicted octanol–water partition coefficient (Wildman–Crippen LogP) is 1.17. The Hall–Kier alpha value is -1.80. The number of hydrogen-bond acceptors (Lipinski definition) is 7. The van der Waals surface area contributed by atoms with Crippen LogP contribution in [0.25, 0.3) is 11.5 Å². The van der Waals surface area contributed by atoms with Crippen LogP contribution in [0.2, 0.25) is 0 Å². The molecule has 7 heteroatoms. The van der Waals surface area contributed by atoms with E-state index in [0.717, 1.165) is 37.4 Å². The summed E-state index contributed by atoms with van der Waals surface area (Å²) in [4.78, 5) is 8.72. The Morgan fingerprint density at radius 1 is 1.28 bits per heavy atom. The van der Waals surface area contributed by atoms with E-state index in [1.165, 1.54) is 0 Å². The van der Waals surface area contributed by atoms with Crippen LogP contribution < -0.4 is 0 Å². The summed E-state index contributed by atoms with van der Waals surface area (Å²) in [6, 6.07) is 7.94. The van der Waals surface area contributed by atoms with E-state index < -0.39 is 6.10 Å². The Morgan fingerprint density at radius 2 is 2.04 bits per heavy atom. The molecule has 1 aliphatic heterocycles. The lowest BCUT2D eigenvalue weighted by Crippen LogP contribution is -2.44. The number of hydrogen-bond donors (Lipinski definition) is 1. The van der Waals surface area contributed by atoms with Crippen molar-refractivity contribution >= 4 is 0 Å². The Labute approximate surface area is 148 Å². The van der Waals surface area contributed by atoms with Gasteiger partial charge in [0.15, 0.2) is 5.82 Å². The maximum Gasteiger partial charge on any atom is 0.258 e. The predicted molar refractivity (Wildman–Crippen MR) is 94.1 cm³/mol. The van der Waals surface area contributed by atoms with Crippen LogP contribution in [0.15, 0.2) is 28.8 Å². The third-order valence-corrected chi connectivity index (χ3v) is 4.35. The van der Waals surface area contributed by atoms with Crippen LogP contribution in [0.5, 0.6) is 0 Å². The van der Waals surface area contributed by atoms with Crippen LogP contribution in [0, 0.1) is 6.92 Å². The lowest BCUT2D eigenvalue weighted by atomic mass is 10.1. The quantitative estimate of drug-likeness (QED) is 0.806. The Kier molecular flexibility index (Phi) is 6.14. The van der Waals surface area contributed by atoms with Gasteiger partial charge in [0.2, 0.25) is 0 Å². The number of morpholine rings is 1. The van der Waals surface area contributed by atoms with Crippen molar-refractivity contribution in [2.24, 2.45) is 0 Å². The molecule has 0 bridgehead atoms. The van der Waals surface area contributed by atoms with Gasteiger partial charge in [0.25, 0.3) is 5.89 Å². The summed E-state index contributed by atoms with van der Waals surface area (Å²) < 4.78 is 10.7. The van der Waals surface area contributed by atoms with Gasteiger partial charge < -0.3 is 14.4 Å². The highest BCUT2D eigenvalue weighted by Gasteiger charge is 2.18. The van der Waals surface area contributed by atoms with Crippen LogP contribution in [0.4, 0.5) is 0 Å². The normalized spacial score (nSPS) is 17.1. The fourth-order valence-electron chi connectivity index (χ4n) is 3.05. The maximum atomic E-state index is 10.3. The minimum atomic E-state index is -0.411. The average Bonchev–Trinajstić information content (AvgIpc) is 3.04. The number of ether oxygens (including phenoxy) is 1. The van der Waals surface area contributed by atoms with Crippen molar-refractivity contribution in [3.8, 4) is 11.5 Å². The van der Waals surface area contributed by atoms with Gasteiger partial charge >= 0.3 is 0 Å². The highest BCUT2D eigenvalue weighted by atomic mass is 16.5. The van der Waals surface area contributed by atoms with E-state index in [0.29, 0.717) is 31.3 Å². The Bertz CT molecular complexity index is 670. The van der Waals surface area contributed by atoms with Gasteiger partial charge in [0.05, 0.1) is 25.9 Å². The van der Waals surface area contributed by atoms with Gasteiger partial charge in [-0.2, -0.15) is 4.98 Å². The lowest BCUT2D eigenvalue weighted by Gasteiger charge is -2.29. The first kappa shape index (κ1) is 18.0. The minimum Gasteiger partial charge on any atom is -0.390 e. The summed E-state index contributed by atoms with van der Waals surface area (Å²) in [6.07, 6.45) is -0.411. The summed E-state index contributed by atoms with van der Waals surface area (Å²) in [5, 5.41) is 14.3. The SMILES string of the molecule is Cc1ccccc1-c1nc(CN(C)CC(O)CN2CCOCC2)no1. The number of β-amino-alcohol motifs (C(OH)–C–C–N with tert-alkyl or cyclic N) is 1. The standard InChI is InChI=1S/C18H26N4O3/c1-14-5-3-4-6-16(14)18-19-17(20-25-18)13-21(2)11-15(23)12-22-7-9-24-10-8-22/h3-6,15,23H,7-13H2,1-2H3. The number of aliphatic hydroxyl groups excluding tert-OH is 1. The molecule has 25 heavy (non-hydrogen) atoms. The van der Waals surface area contributed by atoms with Gasteiger partial charge in [-0.1, -0.05) is 23.4 Å². The Balaban J connectivity index is 1.51. The molecule has 1 aromatic heterocycles. The minimum absolute atomic E-state index is 0.411.